The topological polar surface area (TPSA) is 32.6 Å². The number of unbranched alkanes of at least 4 members (excludes halogenated alkanes) is 1. The van der Waals surface area contributed by atoms with Crippen molar-refractivity contribution < 1.29 is 5.21 Å². The summed E-state index contributed by atoms with van der Waals surface area (Å²) < 4.78 is 0. The van der Waals surface area contributed by atoms with E-state index in [-0.39, 0.29) is 5.38 Å². The lowest BCUT2D eigenvalue weighted by Gasteiger charge is -1.97. The molecule has 0 aliphatic heterocycles. The molecule has 1 unspecified atom stereocenters. The van der Waals surface area contributed by atoms with Crippen molar-refractivity contribution in [2.24, 2.45) is 5.16 Å². The van der Waals surface area contributed by atoms with Gasteiger partial charge in [-0.2, -0.15) is 0 Å². The molecule has 0 bridgehead atoms. The molecule has 3 heteroatoms. The summed E-state index contributed by atoms with van der Waals surface area (Å²) in [5.74, 6) is 0. The van der Waals surface area contributed by atoms with E-state index in [0.717, 1.165) is 19.3 Å². The van der Waals surface area contributed by atoms with Crippen LogP contribution in [0.1, 0.15) is 26.2 Å². The Morgan fingerprint density at radius 2 is 2.44 bits per heavy atom. The van der Waals surface area contributed by atoms with Gasteiger partial charge < -0.3 is 5.21 Å². The van der Waals surface area contributed by atoms with Crippen molar-refractivity contribution in [3.05, 3.63) is 0 Å². The van der Waals surface area contributed by atoms with E-state index in [9.17, 15) is 0 Å². The molecule has 0 radical (unpaired) electrons. The first-order chi connectivity index (χ1) is 4.31. The van der Waals surface area contributed by atoms with Crippen LogP contribution in [0, 0.1) is 0 Å². The van der Waals surface area contributed by atoms with Gasteiger partial charge in [-0.15, -0.1) is 16.8 Å². The van der Waals surface area contributed by atoms with Gasteiger partial charge in [0.2, 0.25) is 0 Å². The predicted octanol–water partition coefficient (Wildman–Crippen LogP) is 2.24. The van der Waals surface area contributed by atoms with Crippen LogP contribution in [0.25, 0.3) is 0 Å². The number of alkyl halides is 1. The Balaban J connectivity index is 3.15. The Labute approximate surface area is 60.5 Å². The summed E-state index contributed by atoms with van der Waals surface area (Å²) in [5.41, 5.74) is 0. The van der Waals surface area contributed by atoms with Crippen LogP contribution in [0.15, 0.2) is 5.16 Å². The summed E-state index contributed by atoms with van der Waals surface area (Å²) in [4.78, 5) is 0. The number of rotatable bonds is 4. The highest BCUT2D eigenvalue weighted by atomic mass is 35.5. The van der Waals surface area contributed by atoms with Crippen LogP contribution >= 0.6 is 11.6 Å². The fourth-order valence-corrected chi connectivity index (χ4v) is 0.751. The molecule has 2 nitrogen and oxygen atoms in total. The molecule has 0 aromatic heterocycles. The summed E-state index contributed by atoms with van der Waals surface area (Å²) in [6, 6.07) is 0. The molecule has 0 fully saturated rings. The zero-order valence-electron chi connectivity index (χ0n) is 5.55. The highest BCUT2D eigenvalue weighted by molar-refractivity contribution is 6.28. The molecule has 9 heavy (non-hydrogen) atoms. The molecule has 54 valence electrons. The second-order valence-electron chi connectivity index (χ2n) is 1.92. The van der Waals surface area contributed by atoms with Crippen molar-refractivity contribution in [2.75, 3.05) is 0 Å². The molecule has 0 heterocycles. The molecule has 0 saturated carbocycles. The number of nitrogens with zero attached hydrogens (tertiary/aromatic N) is 1. The van der Waals surface area contributed by atoms with Crippen LogP contribution in [0.4, 0.5) is 0 Å². The van der Waals surface area contributed by atoms with Crippen LogP contribution in [0.3, 0.4) is 0 Å². The number of hydrogen-bond acceptors (Lipinski definition) is 2. The second kappa shape index (κ2) is 5.89. The number of halogens is 1. The normalized spacial score (nSPS) is 14.4. The van der Waals surface area contributed by atoms with Gasteiger partial charge in [-0.05, 0) is 6.42 Å². The van der Waals surface area contributed by atoms with E-state index in [0.29, 0.717) is 0 Å². The lowest BCUT2D eigenvalue weighted by molar-refractivity contribution is 0.320. The molecule has 0 aromatic carbocycles. The fourth-order valence-electron chi connectivity index (χ4n) is 0.546. The summed E-state index contributed by atoms with van der Waals surface area (Å²) >= 11 is 5.65. The average molecular weight is 150 g/mol. The van der Waals surface area contributed by atoms with Gasteiger partial charge in [0.1, 0.15) is 0 Å². The first kappa shape index (κ1) is 8.76. The Morgan fingerprint density at radius 1 is 1.78 bits per heavy atom. The van der Waals surface area contributed by atoms with E-state index in [4.69, 9.17) is 16.8 Å². The minimum Gasteiger partial charge on any atom is -0.411 e. The quantitative estimate of drug-likeness (QED) is 0.283. The average Bonchev–Trinajstić information content (AvgIpc) is 1.85. The van der Waals surface area contributed by atoms with E-state index < -0.39 is 0 Å². The van der Waals surface area contributed by atoms with Crippen LogP contribution in [-0.2, 0) is 0 Å². The Hall–Kier alpha value is -0.240. The van der Waals surface area contributed by atoms with E-state index in [1.54, 1.807) is 0 Å². The second-order valence-corrected chi connectivity index (χ2v) is 2.48. The predicted molar refractivity (Wildman–Crippen MR) is 39.4 cm³/mol. The van der Waals surface area contributed by atoms with Crippen molar-refractivity contribution in [1.82, 2.24) is 0 Å². The van der Waals surface area contributed by atoms with E-state index in [1.165, 1.54) is 6.21 Å². The largest absolute Gasteiger partial charge is 0.411 e. The molecule has 1 N–H and O–H groups in total. The van der Waals surface area contributed by atoms with Crippen LogP contribution in [0.5, 0.6) is 0 Å². The Morgan fingerprint density at radius 3 is 2.89 bits per heavy atom. The zero-order valence-corrected chi connectivity index (χ0v) is 6.30. The molecule has 0 saturated heterocycles. The summed E-state index contributed by atoms with van der Waals surface area (Å²) in [6.45, 7) is 2.10. The minimum absolute atomic E-state index is 0.102. The maximum Gasteiger partial charge on any atom is 0.0721 e. The summed E-state index contributed by atoms with van der Waals surface area (Å²) in [7, 11) is 0. The first-order valence-electron chi connectivity index (χ1n) is 3.13. The standard InChI is InChI=1S/C6H12ClNO/c1-2-3-4-6(7)5-8-9/h5-6,9H,2-4H2,1H3. The highest BCUT2D eigenvalue weighted by Crippen LogP contribution is 2.04. The third-order valence-corrected chi connectivity index (χ3v) is 1.39. The van der Waals surface area contributed by atoms with Gasteiger partial charge in [-0.1, -0.05) is 19.8 Å². The van der Waals surface area contributed by atoms with Crippen molar-refractivity contribution >= 4 is 17.8 Å². The summed E-state index contributed by atoms with van der Waals surface area (Å²) in [6.07, 6.45) is 4.45. The van der Waals surface area contributed by atoms with Gasteiger partial charge >= 0.3 is 0 Å². The first-order valence-corrected chi connectivity index (χ1v) is 3.56. The summed E-state index contributed by atoms with van der Waals surface area (Å²) in [5, 5.41) is 10.8. The van der Waals surface area contributed by atoms with Gasteiger partial charge in [0.05, 0.1) is 11.6 Å². The third-order valence-electron chi connectivity index (χ3n) is 1.06. The molecule has 0 rings (SSSR count). The van der Waals surface area contributed by atoms with Crippen LogP contribution < -0.4 is 0 Å². The van der Waals surface area contributed by atoms with Crippen molar-refractivity contribution in [2.45, 2.75) is 31.6 Å². The smallest absolute Gasteiger partial charge is 0.0721 e. The molecule has 0 aliphatic carbocycles. The monoisotopic (exact) mass is 149 g/mol. The maximum absolute atomic E-state index is 8.02. The van der Waals surface area contributed by atoms with E-state index in [1.807, 2.05) is 0 Å². The highest BCUT2D eigenvalue weighted by Gasteiger charge is 1.97. The number of oxime groups is 1. The molecule has 0 amide bonds. The lowest BCUT2D eigenvalue weighted by atomic mass is 10.2. The maximum atomic E-state index is 8.02. The van der Waals surface area contributed by atoms with E-state index in [2.05, 4.69) is 12.1 Å². The zero-order chi connectivity index (χ0) is 7.11. The SMILES string of the molecule is CCCCC(Cl)C=NO. The number of hydrogen-bond donors (Lipinski definition) is 1. The molecule has 0 aromatic rings. The molecular formula is C6H12ClNO. The third kappa shape index (κ3) is 5.63. The van der Waals surface area contributed by atoms with Gasteiger partial charge in [0, 0.05) is 0 Å². The van der Waals surface area contributed by atoms with Crippen molar-refractivity contribution in [3.8, 4) is 0 Å². The van der Waals surface area contributed by atoms with Gasteiger partial charge in [0.25, 0.3) is 0 Å². The van der Waals surface area contributed by atoms with Crippen LogP contribution in [0.2, 0.25) is 0 Å². The lowest BCUT2D eigenvalue weighted by Crippen LogP contribution is -1.98. The van der Waals surface area contributed by atoms with Gasteiger partial charge in [0.15, 0.2) is 0 Å². The van der Waals surface area contributed by atoms with E-state index >= 15 is 0 Å². The Bertz CT molecular complexity index is 85.1. The van der Waals surface area contributed by atoms with Gasteiger partial charge in [-0.25, -0.2) is 0 Å². The molecule has 1 atom stereocenters. The van der Waals surface area contributed by atoms with Crippen molar-refractivity contribution in [3.63, 3.8) is 0 Å². The van der Waals surface area contributed by atoms with Crippen molar-refractivity contribution in [1.29, 1.82) is 0 Å². The molecular weight excluding hydrogens is 138 g/mol. The molecule has 0 spiro atoms. The van der Waals surface area contributed by atoms with Crippen LogP contribution in [-0.4, -0.2) is 16.8 Å². The molecule has 0 aliphatic rings. The fraction of sp³-hybridized carbons (Fsp3) is 0.833. The minimum atomic E-state index is -0.102. The Kier molecular flexibility index (Phi) is 5.73. The van der Waals surface area contributed by atoms with Gasteiger partial charge in [-0.3, -0.25) is 0 Å².